The lowest BCUT2D eigenvalue weighted by Crippen LogP contribution is -2.46. The predicted molar refractivity (Wildman–Crippen MR) is 84.2 cm³/mol. The highest BCUT2D eigenvalue weighted by atomic mass is 35.5. The van der Waals surface area contributed by atoms with Gasteiger partial charge in [0.2, 0.25) is 5.89 Å². The van der Waals surface area contributed by atoms with E-state index in [9.17, 15) is 0 Å². The maximum atomic E-state index is 5.95. The van der Waals surface area contributed by atoms with Gasteiger partial charge >= 0.3 is 6.01 Å². The van der Waals surface area contributed by atoms with Gasteiger partial charge in [0, 0.05) is 31.9 Å². The molecule has 1 aromatic carbocycles. The normalized spacial score (nSPS) is 17.1. The van der Waals surface area contributed by atoms with Crippen LogP contribution in [0.1, 0.15) is 23.8 Å². The van der Waals surface area contributed by atoms with Crippen LogP contribution in [0.3, 0.4) is 0 Å². The van der Waals surface area contributed by atoms with Gasteiger partial charge in [0.1, 0.15) is 5.38 Å². The second-order valence-corrected chi connectivity index (χ2v) is 6.01. The molecule has 21 heavy (non-hydrogen) atoms. The molecule has 6 heteroatoms. The molecule has 3 rings (SSSR count). The van der Waals surface area contributed by atoms with E-state index in [1.165, 1.54) is 11.3 Å². The van der Waals surface area contributed by atoms with Gasteiger partial charge in [0.25, 0.3) is 0 Å². The fourth-order valence-corrected chi connectivity index (χ4v) is 2.58. The standard InChI is InChI=1S/C15H19ClN4O/c1-11-4-3-5-13(10-11)19-6-8-20(9-7-19)15-18-17-14(21-15)12(2)16/h3-5,10,12H,6-9H2,1-2H3. The molecular weight excluding hydrogens is 288 g/mol. The van der Waals surface area contributed by atoms with E-state index in [4.69, 9.17) is 16.0 Å². The molecule has 1 atom stereocenters. The number of piperazine rings is 1. The van der Waals surface area contributed by atoms with E-state index in [1.54, 1.807) is 0 Å². The summed E-state index contributed by atoms with van der Waals surface area (Å²) in [6.07, 6.45) is 0. The first-order valence-electron chi connectivity index (χ1n) is 7.17. The van der Waals surface area contributed by atoms with Crippen LogP contribution in [-0.2, 0) is 0 Å². The lowest BCUT2D eigenvalue weighted by molar-refractivity contribution is 0.475. The molecule has 1 saturated heterocycles. The zero-order chi connectivity index (χ0) is 14.8. The number of halogens is 1. The van der Waals surface area contributed by atoms with E-state index < -0.39 is 0 Å². The number of nitrogens with zero attached hydrogens (tertiary/aromatic N) is 4. The molecule has 1 fully saturated rings. The van der Waals surface area contributed by atoms with E-state index in [1.807, 2.05) is 6.92 Å². The van der Waals surface area contributed by atoms with Crippen LogP contribution < -0.4 is 9.80 Å². The Labute approximate surface area is 129 Å². The number of rotatable bonds is 3. The average Bonchev–Trinajstić information content (AvgIpc) is 2.97. The molecule has 0 N–H and O–H groups in total. The monoisotopic (exact) mass is 306 g/mol. The molecule has 1 aromatic heterocycles. The summed E-state index contributed by atoms with van der Waals surface area (Å²) in [5.41, 5.74) is 2.56. The summed E-state index contributed by atoms with van der Waals surface area (Å²) in [6.45, 7) is 7.56. The van der Waals surface area contributed by atoms with Gasteiger partial charge in [-0.25, -0.2) is 0 Å². The van der Waals surface area contributed by atoms with Crippen LogP contribution in [0.4, 0.5) is 11.7 Å². The lowest BCUT2D eigenvalue weighted by atomic mass is 10.2. The minimum atomic E-state index is -0.250. The number of aromatic nitrogens is 2. The zero-order valence-corrected chi connectivity index (χ0v) is 13.0. The first kappa shape index (κ1) is 14.2. The molecule has 0 amide bonds. The predicted octanol–water partition coefficient (Wildman–Crippen LogP) is 3.00. The first-order chi connectivity index (χ1) is 10.1. The topological polar surface area (TPSA) is 45.4 Å². The van der Waals surface area contributed by atoms with Gasteiger partial charge in [-0.15, -0.1) is 16.7 Å². The van der Waals surface area contributed by atoms with Gasteiger partial charge in [0.05, 0.1) is 0 Å². The molecule has 1 aliphatic rings. The second-order valence-electron chi connectivity index (χ2n) is 5.35. The summed E-state index contributed by atoms with van der Waals surface area (Å²) in [6, 6.07) is 9.16. The van der Waals surface area contributed by atoms with E-state index >= 15 is 0 Å². The Balaban J connectivity index is 1.64. The highest BCUT2D eigenvalue weighted by molar-refractivity contribution is 6.20. The van der Waals surface area contributed by atoms with Gasteiger partial charge in [0.15, 0.2) is 0 Å². The van der Waals surface area contributed by atoms with Crippen molar-refractivity contribution < 1.29 is 4.42 Å². The van der Waals surface area contributed by atoms with Crippen LogP contribution in [0, 0.1) is 6.92 Å². The van der Waals surface area contributed by atoms with Crippen LogP contribution in [0.15, 0.2) is 28.7 Å². The Hall–Kier alpha value is -1.75. The van der Waals surface area contributed by atoms with Crippen LogP contribution in [0.5, 0.6) is 0 Å². The van der Waals surface area contributed by atoms with Gasteiger partial charge in [-0.05, 0) is 31.5 Å². The summed E-state index contributed by atoms with van der Waals surface area (Å²) < 4.78 is 5.60. The van der Waals surface area contributed by atoms with Crippen molar-refractivity contribution in [1.29, 1.82) is 0 Å². The molecule has 0 radical (unpaired) electrons. The van der Waals surface area contributed by atoms with Crippen LogP contribution in [0.25, 0.3) is 0 Å². The average molecular weight is 307 g/mol. The summed E-state index contributed by atoms with van der Waals surface area (Å²) in [5, 5.41) is 7.80. The van der Waals surface area contributed by atoms with E-state index in [-0.39, 0.29) is 5.38 Å². The highest BCUT2D eigenvalue weighted by Gasteiger charge is 2.22. The summed E-state index contributed by atoms with van der Waals surface area (Å²) >= 11 is 5.95. The minimum Gasteiger partial charge on any atom is -0.406 e. The molecule has 112 valence electrons. The van der Waals surface area contributed by atoms with E-state index in [0.717, 1.165) is 26.2 Å². The summed E-state index contributed by atoms with van der Waals surface area (Å²) in [4.78, 5) is 4.49. The Morgan fingerprint density at radius 2 is 1.86 bits per heavy atom. The molecule has 0 saturated carbocycles. The fourth-order valence-electron chi connectivity index (χ4n) is 2.50. The number of benzene rings is 1. The summed E-state index contributed by atoms with van der Waals surface area (Å²) in [5.74, 6) is 0.479. The van der Waals surface area contributed by atoms with Crippen molar-refractivity contribution in [3.8, 4) is 0 Å². The van der Waals surface area contributed by atoms with Crippen molar-refractivity contribution in [2.75, 3.05) is 36.0 Å². The SMILES string of the molecule is Cc1cccc(N2CCN(c3nnc(C(C)Cl)o3)CC2)c1. The number of hydrogen-bond acceptors (Lipinski definition) is 5. The zero-order valence-electron chi connectivity index (χ0n) is 12.3. The quantitative estimate of drug-likeness (QED) is 0.816. The molecule has 1 unspecified atom stereocenters. The maximum Gasteiger partial charge on any atom is 0.318 e. The number of aryl methyl sites for hydroxylation is 1. The van der Waals surface area contributed by atoms with Crippen LogP contribution >= 0.6 is 11.6 Å². The largest absolute Gasteiger partial charge is 0.406 e. The van der Waals surface area contributed by atoms with Gasteiger partial charge in [-0.2, -0.15) is 0 Å². The molecule has 1 aliphatic heterocycles. The number of anilines is 2. The Morgan fingerprint density at radius 3 is 2.48 bits per heavy atom. The van der Waals surface area contributed by atoms with Crippen molar-refractivity contribution in [2.45, 2.75) is 19.2 Å². The van der Waals surface area contributed by atoms with Gasteiger partial charge in [-0.1, -0.05) is 17.2 Å². The van der Waals surface area contributed by atoms with E-state index in [2.05, 4.69) is 51.2 Å². The Kier molecular flexibility index (Phi) is 4.01. The van der Waals surface area contributed by atoms with Crippen LogP contribution in [-0.4, -0.2) is 36.4 Å². The third-order valence-corrected chi connectivity index (χ3v) is 3.87. The molecule has 0 bridgehead atoms. The molecular formula is C15H19ClN4O. The van der Waals surface area contributed by atoms with Gasteiger partial charge < -0.3 is 14.2 Å². The molecule has 2 aromatic rings. The summed E-state index contributed by atoms with van der Waals surface area (Å²) in [7, 11) is 0. The minimum absolute atomic E-state index is 0.250. The molecule has 0 aliphatic carbocycles. The molecule has 0 spiro atoms. The Morgan fingerprint density at radius 1 is 1.14 bits per heavy atom. The third kappa shape index (κ3) is 3.13. The van der Waals surface area contributed by atoms with Crippen molar-refractivity contribution in [1.82, 2.24) is 10.2 Å². The highest BCUT2D eigenvalue weighted by Crippen LogP contribution is 2.23. The number of hydrogen-bond donors (Lipinski definition) is 0. The van der Waals surface area contributed by atoms with Crippen molar-refractivity contribution in [3.05, 3.63) is 35.7 Å². The third-order valence-electron chi connectivity index (χ3n) is 3.69. The van der Waals surface area contributed by atoms with Crippen LogP contribution in [0.2, 0.25) is 0 Å². The van der Waals surface area contributed by atoms with E-state index in [0.29, 0.717) is 11.9 Å². The maximum absolute atomic E-state index is 5.95. The molecule has 5 nitrogen and oxygen atoms in total. The lowest BCUT2D eigenvalue weighted by Gasteiger charge is -2.35. The fraction of sp³-hybridized carbons (Fsp3) is 0.467. The van der Waals surface area contributed by atoms with Crippen molar-refractivity contribution in [3.63, 3.8) is 0 Å². The number of alkyl halides is 1. The van der Waals surface area contributed by atoms with Crippen molar-refractivity contribution >= 4 is 23.3 Å². The second kappa shape index (κ2) is 5.93. The molecule has 2 heterocycles. The smallest absolute Gasteiger partial charge is 0.318 e. The van der Waals surface area contributed by atoms with Gasteiger partial charge in [-0.3, -0.25) is 0 Å². The van der Waals surface area contributed by atoms with Crippen molar-refractivity contribution in [2.24, 2.45) is 0 Å². The first-order valence-corrected chi connectivity index (χ1v) is 7.61. The Bertz CT molecular complexity index is 605.